The van der Waals surface area contributed by atoms with Crippen molar-refractivity contribution in [2.24, 2.45) is 0 Å². The maximum Gasteiger partial charge on any atom is 0.146 e. The van der Waals surface area contributed by atoms with Crippen molar-refractivity contribution in [1.29, 1.82) is 5.26 Å². The van der Waals surface area contributed by atoms with Gasteiger partial charge in [-0.2, -0.15) is 5.26 Å². The first-order chi connectivity index (χ1) is 11.6. The summed E-state index contributed by atoms with van der Waals surface area (Å²) in [4.78, 5) is 4.51. The minimum Gasteiger partial charge on any atom is -0.253 e. The quantitative estimate of drug-likeness (QED) is 0.717. The smallest absolute Gasteiger partial charge is 0.146 e. The molecule has 24 heavy (non-hydrogen) atoms. The van der Waals surface area contributed by atoms with Crippen molar-refractivity contribution in [2.45, 2.75) is 11.9 Å². The van der Waals surface area contributed by atoms with Crippen LogP contribution in [0.2, 0.25) is 0 Å². The molecule has 0 saturated heterocycles. The zero-order valence-corrected chi connectivity index (χ0v) is 14.3. The van der Waals surface area contributed by atoms with Crippen LogP contribution in [0.4, 0.5) is 0 Å². The third-order valence-electron chi connectivity index (χ3n) is 3.80. The van der Waals surface area contributed by atoms with Crippen molar-refractivity contribution in [1.82, 2.24) is 4.98 Å². The summed E-state index contributed by atoms with van der Waals surface area (Å²) in [6, 6.07) is 21.7. The molecule has 0 N–H and O–H groups in total. The molecule has 3 aromatic rings. The molecule has 0 saturated carbocycles. The molecule has 1 aromatic heterocycles. The molecule has 1 atom stereocenters. The Balaban J connectivity index is 2.29. The molecule has 0 bridgehead atoms. The monoisotopic (exact) mass is 332 g/mol. The molecule has 0 amide bonds. The van der Waals surface area contributed by atoms with Gasteiger partial charge in [0.15, 0.2) is 0 Å². The number of pyridine rings is 1. The maximum absolute atomic E-state index is 12.1. The molecule has 0 radical (unpaired) electrons. The number of hydrogen-bond acceptors (Lipinski definition) is 3. The third kappa shape index (κ3) is 3.12. The van der Waals surface area contributed by atoms with Gasteiger partial charge in [0.1, 0.15) is 11.1 Å². The minimum atomic E-state index is -1.35. The van der Waals surface area contributed by atoms with Crippen LogP contribution in [0.1, 0.15) is 11.1 Å². The van der Waals surface area contributed by atoms with Gasteiger partial charge in [0, 0.05) is 17.4 Å². The summed E-state index contributed by atoms with van der Waals surface area (Å²) >= 11 is 0. The molecular weight excluding hydrogens is 316 g/mol. The highest BCUT2D eigenvalue weighted by molar-refractivity contribution is 7.84. The van der Waals surface area contributed by atoms with Crippen molar-refractivity contribution >= 4 is 10.8 Å². The predicted octanol–water partition coefficient (Wildman–Crippen LogP) is 4.33. The number of nitriles is 1. The van der Waals surface area contributed by atoms with Gasteiger partial charge in [-0.25, -0.2) is 4.98 Å². The van der Waals surface area contributed by atoms with E-state index in [0.717, 1.165) is 27.9 Å². The van der Waals surface area contributed by atoms with E-state index in [-0.39, 0.29) is 0 Å². The van der Waals surface area contributed by atoms with Crippen LogP contribution in [-0.2, 0) is 10.8 Å². The van der Waals surface area contributed by atoms with Crippen LogP contribution in [0, 0.1) is 18.3 Å². The Bertz CT molecular complexity index is 942. The van der Waals surface area contributed by atoms with Gasteiger partial charge >= 0.3 is 0 Å². The van der Waals surface area contributed by atoms with Crippen LogP contribution in [0.5, 0.6) is 0 Å². The van der Waals surface area contributed by atoms with Gasteiger partial charge in [0.2, 0.25) is 0 Å². The Morgan fingerprint density at radius 2 is 1.67 bits per heavy atom. The lowest BCUT2D eigenvalue weighted by molar-refractivity contribution is 0.684. The Morgan fingerprint density at radius 3 is 2.25 bits per heavy atom. The molecule has 0 spiro atoms. The fraction of sp³-hybridized carbons (Fsp3) is 0.100. The molecule has 0 unspecified atom stereocenters. The van der Waals surface area contributed by atoms with Gasteiger partial charge in [0.25, 0.3) is 0 Å². The first-order valence-electron chi connectivity index (χ1n) is 7.51. The highest BCUT2D eigenvalue weighted by atomic mass is 32.2. The van der Waals surface area contributed by atoms with Gasteiger partial charge < -0.3 is 0 Å². The summed E-state index contributed by atoms with van der Waals surface area (Å²) in [7, 11) is -1.35. The highest BCUT2D eigenvalue weighted by Gasteiger charge is 2.17. The van der Waals surface area contributed by atoms with E-state index in [0.29, 0.717) is 10.6 Å². The summed E-state index contributed by atoms with van der Waals surface area (Å²) in [5.74, 6) is 0. The Hall–Kier alpha value is -2.77. The molecule has 3 rings (SSSR count). The normalized spacial score (nSPS) is 11.7. The Kier molecular flexibility index (Phi) is 4.54. The van der Waals surface area contributed by atoms with Gasteiger partial charge in [-0.1, -0.05) is 60.2 Å². The fourth-order valence-electron chi connectivity index (χ4n) is 2.56. The average Bonchev–Trinajstić information content (AvgIpc) is 2.62. The van der Waals surface area contributed by atoms with Crippen molar-refractivity contribution in [3.63, 3.8) is 0 Å². The van der Waals surface area contributed by atoms with Crippen LogP contribution < -0.4 is 0 Å². The minimum absolute atomic E-state index is 0.328. The molecule has 0 aliphatic heterocycles. The summed E-state index contributed by atoms with van der Waals surface area (Å²) in [6.07, 6.45) is 1.55. The van der Waals surface area contributed by atoms with E-state index < -0.39 is 10.8 Å². The summed E-state index contributed by atoms with van der Waals surface area (Å²) < 4.78 is 12.1. The van der Waals surface area contributed by atoms with Gasteiger partial charge in [-0.3, -0.25) is 4.21 Å². The molecule has 1 heterocycles. The van der Waals surface area contributed by atoms with Gasteiger partial charge in [-0.05, 0) is 18.6 Å². The largest absolute Gasteiger partial charge is 0.253 e. The van der Waals surface area contributed by atoms with Crippen molar-refractivity contribution < 1.29 is 4.21 Å². The second kappa shape index (κ2) is 6.77. The summed E-state index contributed by atoms with van der Waals surface area (Å²) in [6.45, 7) is 2.03. The second-order valence-electron chi connectivity index (χ2n) is 5.53. The number of aryl methyl sites for hydroxylation is 1. The molecule has 4 heteroatoms. The van der Waals surface area contributed by atoms with E-state index in [1.54, 1.807) is 6.26 Å². The molecule has 2 aromatic carbocycles. The zero-order valence-electron chi connectivity index (χ0n) is 13.5. The number of nitrogens with zero attached hydrogens (tertiary/aromatic N) is 2. The molecule has 0 aliphatic rings. The van der Waals surface area contributed by atoms with Crippen LogP contribution >= 0.6 is 0 Å². The lowest BCUT2D eigenvalue weighted by Crippen LogP contribution is -2.01. The first-order valence-corrected chi connectivity index (χ1v) is 9.07. The predicted molar refractivity (Wildman–Crippen MR) is 96.9 cm³/mol. The van der Waals surface area contributed by atoms with Gasteiger partial charge in [0.05, 0.1) is 22.1 Å². The van der Waals surface area contributed by atoms with Gasteiger partial charge in [-0.15, -0.1) is 0 Å². The fourth-order valence-corrected chi connectivity index (χ4v) is 3.23. The SMILES string of the molecule is Cc1ccc(-c2cc(-c3ccccc3)c(C#N)c([S@](C)=O)n2)cc1. The van der Waals surface area contributed by atoms with Crippen molar-refractivity contribution in [3.05, 3.63) is 71.8 Å². The van der Waals surface area contributed by atoms with Crippen LogP contribution in [0.3, 0.4) is 0 Å². The zero-order chi connectivity index (χ0) is 17.1. The standard InChI is InChI=1S/C20H16N2OS/c1-14-8-10-16(11-9-14)19-12-17(15-6-4-3-5-7-15)18(13-21)20(22-19)24(2)23/h3-12H,1-2H3/t24-/m0/s1. The molecule has 3 nitrogen and oxygen atoms in total. The van der Waals surface area contributed by atoms with E-state index in [4.69, 9.17) is 0 Å². The van der Waals surface area contributed by atoms with E-state index >= 15 is 0 Å². The van der Waals surface area contributed by atoms with Crippen LogP contribution in [-0.4, -0.2) is 15.4 Å². The number of hydrogen-bond donors (Lipinski definition) is 0. The van der Waals surface area contributed by atoms with E-state index in [1.165, 1.54) is 0 Å². The molecular formula is C20H16N2OS. The molecule has 0 fully saturated rings. The molecule has 118 valence electrons. The van der Waals surface area contributed by atoms with E-state index in [9.17, 15) is 9.47 Å². The topological polar surface area (TPSA) is 53.8 Å². The summed E-state index contributed by atoms with van der Waals surface area (Å²) in [5.41, 5.74) is 4.87. The first kappa shape index (κ1) is 16.1. The highest BCUT2D eigenvalue weighted by Crippen LogP contribution is 2.31. The van der Waals surface area contributed by atoms with E-state index in [1.807, 2.05) is 67.6 Å². The number of benzene rings is 2. The van der Waals surface area contributed by atoms with Crippen molar-refractivity contribution in [2.75, 3.05) is 6.26 Å². The second-order valence-corrected chi connectivity index (χ2v) is 6.83. The van der Waals surface area contributed by atoms with Crippen LogP contribution in [0.15, 0.2) is 65.7 Å². The number of rotatable bonds is 3. The van der Waals surface area contributed by atoms with Crippen molar-refractivity contribution in [3.8, 4) is 28.5 Å². The van der Waals surface area contributed by atoms with E-state index in [2.05, 4.69) is 11.1 Å². The number of aromatic nitrogens is 1. The lowest BCUT2D eigenvalue weighted by atomic mass is 9.99. The summed E-state index contributed by atoms with van der Waals surface area (Å²) in [5, 5.41) is 9.91. The Morgan fingerprint density at radius 1 is 1.00 bits per heavy atom. The maximum atomic E-state index is 12.1. The average molecular weight is 332 g/mol. The lowest BCUT2D eigenvalue weighted by Gasteiger charge is -2.11. The molecule has 0 aliphatic carbocycles. The Labute approximate surface area is 144 Å². The third-order valence-corrected chi connectivity index (χ3v) is 4.64. The van der Waals surface area contributed by atoms with Crippen LogP contribution in [0.25, 0.3) is 22.4 Å².